The first-order chi connectivity index (χ1) is 10.7. The molecule has 2 nitrogen and oxygen atoms in total. The van der Waals surface area contributed by atoms with Crippen molar-refractivity contribution < 1.29 is 4.74 Å². The van der Waals surface area contributed by atoms with Crippen LogP contribution in [-0.4, -0.2) is 4.98 Å². The van der Waals surface area contributed by atoms with E-state index < -0.39 is 0 Å². The van der Waals surface area contributed by atoms with E-state index in [0.29, 0.717) is 6.61 Å². The van der Waals surface area contributed by atoms with E-state index in [2.05, 4.69) is 24.0 Å². The number of pyridine rings is 1. The van der Waals surface area contributed by atoms with Gasteiger partial charge in [-0.05, 0) is 48.4 Å². The van der Waals surface area contributed by atoms with Crippen LogP contribution in [0.5, 0.6) is 5.75 Å². The summed E-state index contributed by atoms with van der Waals surface area (Å²) in [6, 6.07) is 17.9. The summed E-state index contributed by atoms with van der Waals surface area (Å²) in [6.07, 6.45) is 3.68. The number of rotatable bonds is 4. The fourth-order valence-corrected chi connectivity index (χ4v) is 2.36. The van der Waals surface area contributed by atoms with E-state index in [1.165, 1.54) is 5.56 Å². The molecular formula is C19H16ClNO. The molecule has 1 heterocycles. The molecule has 0 saturated heterocycles. The summed E-state index contributed by atoms with van der Waals surface area (Å²) in [5.41, 5.74) is 4.37. The standard InChI is InChI=1S/C19H16ClNO/c1-14-3-2-4-19(9-14)22-13-15-10-17(12-21-11-15)16-5-7-18(20)8-6-16/h2-12H,13H2,1H3. The molecule has 0 atom stereocenters. The van der Waals surface area contributed by atoms with E-state index in [1.807, 2.05) is 54.9 Å². The molecule has 3 rings (SSSR count). The van der Waals surface area contributed by atoms with Gasteiger partial charge in [-0.3, -0.25) is 4.98 Å². The summed E-state index contributed by atoms with van der Waals surface area (Å²) in [4.78, 5) is 4.30. The van der Waals surface area contributed by atoms with E-state index >= 15 is 0 Å². The van der Waals surface area contributed by atoms with E-state index in [4.69, 9.17) is 16.3 Å². The number of hydrogen-bond donors (Lipinski definition) is 0. The Bertz CT molecular complexity index is 768. The van der Waals surface area contributed by atoms with Gasteiger partial charge in [-0.2, -0.15) is 0 Å². The van der Waals surface area contributed by atoms with Crippen LogP contribution in [0.25, 0.3) is 11.1 Å². The topological polar surface area (TPSA) is 22.1 Å². The zero-order valence-electron chi connectivity index (χ0n) is 12.3. The van der Waals surface area contributed by atoms with Gasteiger partial charge in [-0.25, -0.2) is 0 Å². The Kier molecular flexibility index (Phi) is 4.40. The van der Waals surface area contributed by atoms with Crippen molar-refractivity contribution in [2.75, 3.05) is 0 Å². The molecule has 0 aliphatic rings. The lowest BCUT2D eigenvalue weighted by Crippen LogP contribution is -1.96. The highest BCUT2D eigenvalue weighted by molar-refractivity contribution is 6.30. The van der Waals surface area contributed by atoms with Gasteiger partial charge in [0.05, 0.1) is 0 Å². The van der Waals surface area contributed by atoms with Crippen LogP contribution < -0.4 is 4.74 Å². The van der Waals surface area contributed by atoms with Crippen molar-refractivity contribution in [3.8, 4) is 16.9 Å². The molecule has 0 aliphatic heterocycles. The van der Waals surface area contributed by atoms with Crippen LogP contribution >= 0.6 is 11.6 Å². The molecule has 3 aromatic rings. The molecule has 0 saturated carbocycles. The largest absolute Gasteiger partial charge is 0.489 e. The van der Waals surface area contributed by atoms with Gasteiger partial charge in [0.1, 0.15) is 12.4 Å². The number of benzene rings is 2. The minimum atomic E-state index is 0.498. The zero-order chi connectivity index (χ0) is 15.4. The number of halogens is 1. The fraction of sp³-hybridized carbons (Fsp3) is 0.105. The third kappa shape index (κ3) is 3.66. The predicted molar refractivity (Wildman–Crippen MR) is 90.2 cm³/mol. The van der Waals surface area contributed by atoms with Gasteiger partial charge in [0.2, 0.25) is 0 Å². The van der Waals surface area contributed by atoms with E-state index in [9.17, 15) is 0 Å². The maximum atomic E-state index is 5.93. The Hall–Kier alpha value is -2.32. The van der Waals surface area contributed by atoms with Crippen molar-refractivity contribution in [1.29, 1.82) is 0 Å². The normalized spacial score (nSPS) is 10.5. The van der Waals surface area contributed by atoms with Crippen molar-refractivity contribution in [3.05, 3.63) is 83.1 Å². The lowest BCUT2D eigenvalue weighted by Gasteiger charge is -2.08. The SMILES string of the molecule is Cc1cccc(OCc2cncc(-c3ccc(Cl)cc3)c2)c1. The monoisotopic (exact) mass is 309 g/mol. The Balaban J connectivity index is 1.75. The first-order valence-electron chi connectivity index (χ1n) is 7.10. The van der Waals surface area contributed by atoms with Crippen LogP contribution in [0.2, 0.25) is 5.02 Å². The molecule has 0 spiro atoms. The van der Waals surface area contributed by atoms with Gasteiger partial charge in [0.25, 0.3) is 0 Å². The lowest BCUT2D eigenvalue weighted by atomic mass is 10.1. The third-order valence-electron chi connectivity index (χ3n) is 3.37. The molecule has 0 N–H and O–H groups in total. The highest BCUT2D eigenvalue weighted by Gasteiger charge is 2.02. The van der Waals surface area contributed by atoms with Gasteiger partial charge < -0.3 is 4.74 Å². The first kappa shape index (κ1) is 14.6. The second kappa shape index (κ2) is 6.63. The van der Waals surface area contributed by atoms with Gasteiger partial charge in [0.15, 0.2) is 0 Å². The number of hydrogen-bond acceptors (Lipinski definition) is 2. The zero-order valence-corrected chi connectivity index (χ0v) is 13.0. The number of aryl methyl sites for hydroxylation is 1. The van der Waals surface area contributed by atoms with E-state index in [1.54, 1.807) is 0 Å². The average molecular weight is 310 g/mol. The van der Waals surface area contributed by atoms with Crippen LogP contribution in [-0.2, 0) is 6.61 Å². The third-order valence-corrected chi connectivity index (χ3v) is 3.62. The Morgan fingerprint density at radius 1 is 0.955 bits per heavy atom. The van der Waals surface area contributed by atoms with Crippen LogP contribution in [0.3, 0.4) is 0 Å². The molecule has 0 bridgehead atoms. The summed E-state index contributed by atoms with van der Waals surface area (Å²) in [7, 11) is 0. The second-order valence-corrected chi connectivity index (χ2v) is 5.63. The minimum Gasteiger partial charge on any atom is -0.489 e. The molecule has 0 radical (unpaired) electrons. The molecule has 0 unspecified atom stereocenters. The second-order valence-electron chi connectivity index (χ2n) is 5.19. The number of ether oxygens (including phenoxy) is 1. The van der Waals surface area contributed by atoms with Crippen molar-refractivity contribution in [3.63, 3.8) is 0 Å². The van der Waals surface area contributed by atoms with Crippen LogP contribution in [0.1, 0.15) is 11.1 Å². The fourth-order valence-electron chi connectivity index (χ4n) is 2.24. The quantitative estimate of drug-likeness (QED) is 0.653. The van der Waals surface area contributed by atoms with E-state index in [-0.39, 0.29) is 0 Å². The highest BCUT2D eigenvalue weighted by atomic mass is 35.5. The predicted octanol–water partition coefficient (Wildman–Crippen LogP) is 5.29. The summed E-state index contributed by atoms with van der Waals surface area (Å²) < 4.78 is 5.82. The van der Waals surface area contributed by atoms with Crippen LogP contribution in [0.15, 0.2) is 67.0 Å². The molecule has 22 heavy (non-hydrogen) atoms. The average Bonchev–Trinajstić information content (AvgIpc) is 2.54. The Labute approximate surface area is 135 Å². The van der Waals surface area contributed by atoms with Crippen molar-refractivity contribution in [2.45, 2.75) is 13.5 Å². The van der Waals surface area contributed by atoms with Crippen molar-refractivity contribution in [2.24, 2.45) is 0 Å². The minimum absolute atomic E-state index is 0.498. The summed E-state index contributed by atoms with van der Waals surface area (Å²) >= 11 is 5.93. The molecule has 0 aliphatic carbocycles. The molecule has 2 aromatic carbocycles. The maximum absolute atomic E-state index is 5.93. The summed E-state index contributed by atoms with van der Waals surface area (Å²) in [6.45, 7) is 2.55. The molecular weight excluding hydrogens is 294 g/mol. The summed E-state index contributed by atoms with van der Waals surface area (Å²) in [5.74, 6) is 0.872. The smallest absolute Gasteiger partial charge is 0.120 e. The first-order valence-corrected chi connectivity index (χ1v) is 7.48. The molecule has 0 amide bonds. The van der Waals surface area contributed by atoms with Crippen LogP contribution in [0.4, 0.5) is 0 Å². The summed E-state index contributed by atoms with van der Waals surface area (Å²) in [5, 5.41) is 0.732. The Morgan fingerprint density at radius 2 is 1.77 bits per heavy atom. The highest BCUT2D eigenvalue weighted by Crippen LogP contribution is 2.22. The molecule has 1 aromatic heterocycles. The molecule has 0 fully saturated rings. The number of nitrogens with zero attached hydrogens (tertiary/aromatic N) is 1. The van der Waals surface area contributed by atoms with Crippen LogP contribution in [0, 0.1) is 6.92 Å². The van der Waals surface area contributed by atoms with Gasteiger partial charge >= 0.3 is 0 Å². The molecule has 3 heteroatoms. The van der Waals surface area contributed by atoms with Gasteiger partial charge in [-0.15, -0.1) is 0 Å². The maximum Gasteiger partial charge on any atom is 0.120 e. The van der Waals surface area contributed by atoms with Gasteiger partial charge in [-0.1, -0.05) is 35.9 Å². The lowest BCUT2D eigenvalue weighted by molar-refractivity contribution is 0.305. The van der Waals surface area contributed by atoms with Crippen molar-refractivity contribution in [1.82, 2.24) is 4.98 Å². The van der Waals surface area contributed by atoms with Gasteiger partial charge in [0, 0.05) is 28.5 Å². The number of aromatic nitrogens is 1. The van der Waals surface area contributed by atoms with Crippen molar-refractivity contribution >= 4 is 11.6 Å². The molecule has 110 valence electrons. The Morgan fingerprint density at radius 3 is 2.55 bits per heavy atom. The van der Waals surface area contributed by atoms with E-state index in [0.717, 1.165) is 27.5 Å².